The van der Waals surface area contributed by atoms with Crippen molar-refractivity contribution in [1.82, 2.24) is 9.88 Å². The van der Waals surface area contributed by atoms with Crippen molar-refractivity contribution in [3.63, 3.8) is 0 Å². The van der Waals surface area contributed by atoms with Crippen LogP contribution in [0.15, 0.2) is 29.1 Å². The first-order valence-corrected chi connectivity index (χ1v) is 6.57. The molecular weight excluding hydrogens is 248 g/mol. The monoisotopic (exact) mass is 262 g/mol. The Morgan fingerprint density at radius 3 is 2.94 bits per heavy atom. The Morgan fingerprint density at radius 1 is 1.39 bits per heavy atom. The minimum atomic E-state index is 0.0872. The van der Waals surface area contributed by atoms with Crippen molar-refractivity contribution in [1.29, 1.82) is 0 Å². The quantitative estimate of drug-likeness (QED) is 0.857. The van der Waals surface area contributed by atoms with E-state index in [9.17, 15) is 4.79 Å². The first-order valence-electron chi connectivity index (χ1n) is 6.19. The van der Waals surface area contributed by atoms with Gasteiger partial charge in [0.1, 0.15) is 0 Å². The van der Waals surface area contributed by atoms with Crippen LogP contribution in [0.4, 0.5) is 0 Å². The molecule has 4 heteroatoms. The van der Waals surface area contributed by atoms with E-state index in [-0.39, 0.29) is 11.6 Å². The first-order chi connectivity index (χ1) is 8.66. The lowest BCUT2D eigenvalue weighted by atomic mass is 10.0. The predicted molar refractivity (Wildman–Crippen MR) is 74.2 cm³/mol. The summed E-state index contributed by atoms with van der Waals surface area (Å²) < 4.78 is 1.71. The highest BCUT2D eigenvalue weighted by Gasteiger charge is 2.20. The van der Waals surface area contributed by atoms with E-state index in [1.54, 1.807) is 4.57 Å². The van der Waals surface area contributed by atoms with E-state index in [2.05, 4.69) is 5.32 Å². The van der Waals surface area contributed by atoms with Crippen LogP contribution in [-0.2, 0) is 7.05 Å². The molecule has 1 atom stereocenters. The van der Waals surface area contributed by atoms with Crippen LogP contribution in [0, 0.1) is 0 Å². The third-order valence-electron chi connectivity index (χ3n) is 3.65. The molecule has 0 saturated carbocycles. The van der Waals surface area contributed by atoms with Gasteiger partial charge in [-0.1, -0.05) is 11.6 Å². The summed E-state index contributed by atoms with van der Waals surface area (Å²) in [4.78, 5) is 12.3. The van der Waals surface area contributed by atoms with Crippen molar-refractivity contribution >= 4 is 22.5 Å². The van der Waals surface area contributed by atoms with Crippen molar-refractivity contribution < 1.29 is 0 Å². The molecule has 0 aliphatic carbocycles. The number of benzene rings is 1. The van der Waals surface area contributed by atoms with Gasteiger partial charge >= 0.3 is 0 Å². The van der Waals surface area contributed by atoms with Gasteiger partial charge in [-0.05, 0) is 43.7 Å². The fourth-order valence-corrected chi connectivity index (χ4v) is 2.86. The Morgan fingerprint density at radius 2 is 2.22 bits per heavy atom. The van der Waals surface area contributed by atoms with Gasteiger partial charge in [0.2, 0.25) is 0 Å². The third-order valence-corrected chi connectivity index (χ3v) is 3.88. The molecule has 0 spiro atoms. The van der Waals surface area contributed by atoms with Gasteiger partial charge in [0.15, 0.2) is 0 Å². The Balaban J connectivity index is 2.26. The van der Waals surface area contributed by atoms with Crippen LogP contribution >= 0.6 is 11.6 Å². The average molecular weight is 263 g/mol. The summed E-state index contributed by atoms with van der Waals surface area (Å²) in [5.74, 6) is 0. The molecule has 1 N–H and O–H groups in total. The minimum absolute atomic E-state index is 0.0872. The number of hydrogen-bond acceptors (Lipinski definition) is 2. The highest BCUT2D eigenvalue weighted by atomic mass is 35.5. The first kappa shape index (κ1) is 11.8. The zero-order chi connectivity index (χ0) is 12.7. The fourth-order valence-electron chi connectivity index (χ4n) is 2.68. The van der Waals surface area contributed by atoms with Crippen LogP contribution in [0.5, 0.6) is 0 Å². The van der Waals surface area contributed by atoms with E-state index in [4.69, 9.17) is 11.6 Å². The summed E-state index contributed by atoms with van der Waals surface area (Å²) in [7, 11) is 1.82. The molecule has 1 saturated heterocycles. The molecule has 2 heterocycles. The Hall–Kier alpha value is -1.32. The van der Waals surface area contributed by atoms with Gasteiger partial charge in [-0.2, -0.15) is 0 Å². The molecule has 1 aromatic heterocycles. The molecule has 3 nitrogen and oxygen atoms in total. The van der Waals surface area contributed by atoms with Crippen LogP contribution < -0.4 is 10.9 Å². The molecular formula is C14H15ClN2O. The lowest BCUT2D eigenvalue weighted by molar-refractivity contribution is 0.633. The van der Waals surface area contributed by atoms with Gasteiger partial charge in [0, 0.05) is 29.1 Å². The molecule has 2 aromatic rings. The summed E-state index contributed by atoms with van der Waals surface area (Å²) in [6.45, 7) is 0.988. The van der Waals surface area contributed by atoms with Crippen LogP contribution in [0.25, 0.3) is 10.9 Å². The van der Waals surface area contributed by atoms with Crippen molar-refractivity contribution in [3.8, 4) is 0 Å². The number of pyridine rings is 1. The summed E-state index contributed by atoms with van der Waals surface area (Å²) in [5.41, 5.74) is 1.86. The van der Waals surface area contributed by atoms with Crippen molar-refractivity contribution in [2.45, 2.75) is 18.9 Å². The van der Waals surface area contributed by atoms with Crippen LogP contribution in [0.1, 0.15) is 24.4 Å². The van der Waals surface area contributed by atoms with Gasteiger partial charge in [-0.15, -0.1) is 0 Å². The number of nitrogens with zero attached hydrogens (tertiary/aromatic N) is 1. The Kier molecular flexibility index (Phi) is 2.88. The SMILES string of the molecule is Cn1c(=O)c(C2CCCN2)cc2cc(Cl)ccc21. The van der Waals surface area contributed by atoms with E-state index in [0.29, 0.717) is 5.02 Å². The van der Waals surface area contributed by atoms with Gasteiger partial charge in [0.05, 0.1) is 5.52 Å². The van der Waals surface area contributed by atoms with Crippen molar-refractivity contribution in [3.05, 3.63) is 45.2 Å². The molecule has 1 aromatic carbocycles. The summed E-state index contributed by atoms with van der Waals surface area (Å²) in [5, 5.41) is 5.10. The lowest BCUT2D eigenvalue weighted by Gasteiger charge is -2.13. The minimum Gasteiger partial charge on any atom is -0.311 e. The molecule has 1 fully saturated rings. The third kappa shape index (κ3) is 1.84. The summed E-state index contributed by atoms with van der Waals surface area (Å²) >= 11 is 6.02. The van der Waals surface area contributed by atoms with E-state index in [0.717, 1.165) is 35.9 Å². The van der Waals surface area contributed by atoms with E-state index < -0.39 is 0 Å². The average Bonchev–Trinajstić information content (AvgIpc) is 2.87. The second-order valence-corrected chi connectivity index (χ2v) is 5.25. The molecule has 1 aliphatic heterocycles. The summed E-state index contributed by atoms with van der Waals surface area (Å²) in [6, 6.07) is 7.79. The van der Waals surface area contributed by atoms with Crippen LogP contribution in [-0.4, -0.2) is 11.1 Å². The zero-order valence-corrected chi connectivity index (χ0v) is 11.0. The van der Waals surface area contributed by atoms with Gasteiger partial charge < -0.3 is 9.88 Å². The largest absolute Gasteiger partial charge is 0.311 e. The number of hydrogen-bond donors (Lipinski definition) is 1. The molecule has 0 radical (unpaired) electrons. The van der Waals surface area contributed by atoms with Crippen LogP contribution in [0.2, 0.25) is 5.02 Å². The molecule has 3 rings (SSSR count). The van der Waals surface area contributed by atoms with E-state index in [1.807, 2.05) is 31.3 Å². The highest BCUT2D eigenvalue weighted by Crippen LogP contribution is 2.24. The fraction of sp³-hybridized carbons (Fsp3) is 0.357. The Bertz CT molecular complexity index is 657. The zero-order valence-electron chi connectivity index (χ0n) is 10.2. The second-order valence-electron chi connectivity index (χ2n) is 4.82. The van der Waals surface area contributed by atoms with Gasteiger partial charge in [-0.3, -0.25) is 4.79 Å². The molecule has 0 bridgehead atoms. The smallest absolute Gasteiger partial charge is 0.255 e. The maximum absolute atomic E-state index is 12.3. The molecule has 1 unspecified atom stereocenters. The normalized spacial score (nSPS) is 19.6. The number of rotatable bonds is 1. The standard InChI is InChI=1S/C14H15ClN2O/c1-17-13-5-4-10(15)7-9(13)8-11(14(17)18)12-3-2-6-16-12/h4-5,7-8,12,16H,2-3,6H2,1H3. The lowest BCUT2D eigenvalue weighted by Crippen LogP contribution is -2.27. The number of fused-ring (bicyclic) bond motifs is 1. The second kappa shape index (κ2) is 4.41. The molecule has 18 heavy (non-hydrogen) atoms. The molecule has 94 valence electrons. The number of halogens is 1. The van der Waals surface area contributed by atoms with Gasteiger partial charge in [-0.25, -0.2) is 0 Å². The van der Waals surface area contributed by atoms with E-state index >= 15 is 0 Å². The van der Waals surface area contributed by atoms with Gasteiger partial charge in [0.25, 0.3) is 5.56 Å². The number of aromatic nitrogens is 1. The maximum Gasteiger partial charge on any atom is 0.255 e. The number of aryl methyl sites for hydroxylation is 1. The Labute approximate surface area is 110 Å². The van der Waals surface area contributed by atoms with Crippen molar-refractivity contribution in [2.75, 3.05) is 6.54 Å². The summed E-state index contributed by atoms with van der Waals surface area (Å²) in [6.07, 6.45) is 2.16. The predicted octanol–water partition coefficient (Wildman–Crippen LogP) is 2.62. The van der Waals surface area contributed by atoms with Crippen molar-refractivity contribution in [2.24, 2.45) is 7.05 Å². The number of nitrogens with one attached hydrogen (secondary N) is 1. The maximum atomic E-state index is 12.3. The van der Waals surface area contributed by atoms with E-state index in [1.165, 1.54) is 0 Å². The highest BCUT2D eigenvalue weighted by molar-refractivity contribution is 6.31. The molecule has 1 aliphatic rings. The topological polar surface area (TPSA) is 34.0 Å². The molecule has 0 amide bonds. The van der Waals surface area contributed by atoms with Crippen LogP contribution in [0.3, 0.4) is 0 Å².